The number of hydrogen-bond donors (Lipinski definition) is 0. The molecule has 116 valence electrons. The molecule has 0 spiro atoms. The van der Waals surface area contributed by atoms with E-state index in [9.17, 15) is 9.59 Å². The van der Waals surface area contributed by atoms with E-state index in [0.29, 0.717) is 28.5 Å². The van der Waals surface area contributed by atoms with Crippen LogP contribution >= 0.6 is 0 Å². The van der Waals surface area contributed by atoms with E-state index in [1.54, 1.807) is 18.2 Å². The number of benzene rings is 2. The van der Waals surface area contributed by atoms with Crippen molar-refractivity contribution in [1.29, 1.82) is 0 Å². The smallest absolute Gasteiger partial charge is 0.418 e. The molecular weight excluding hydrogens is 294 g/mol. The summed E-state index contributed by atoms with van der Waals surface area (Å²) in [6, 6.07) is 14.7. The van der Waals surface area contributed by atoms with Crippen LogP contribution in [-0.2, 0) is 11.3 Å². The predicted octanol–water partition coefficient (Wildman–Crippen LogP) is 3.65. The molecular formula is C18H15NO4. The van der Waals surface area contributed by atoms with Crippen LogP contribution in [0.15, 0.2) is 54.7 Å². The van der Waals surface area contributed by atoms with Gasteiger partial charge in [-0.15, -0.1) is 0 Å². The number of ether oxygens (including phenoxy) is 2. The summed E-state index contributed by atoms with van der Waals surface area (Å²) in [4.78, 5) is 23.6. The lowest BCUT2D eigenvalue weighted by Crippen LogP contribution is -2.12. The second-order valence-corrected chi connectivity index (χ2v) is 4.97. The Morgan fingerprint density at radius 3 is 2.61 bits per heavy atom. The van der Waals surface area contributed by atoms with E-state index >= 15 is 0 Å². The minimum atomic E-state index is -0.541. The van der Waals surface area contributed by atoms with E-state index in [4.69, 9.17) is 9.47 Å². The number of methoxy groups -OCH3 is 1. The minimum absolute atomic E-state index is 0.166. The van der Waals surface area contributed by atoms with Gasteiger partial charge in [-0.05, 0) is 17.7 Å². The minimum Gasteiger partial charge on any atom is -0.496 e. The SMILES string of the molecule is COc1cccc2c1c(C=O)cn2C(=O)OCc1ccccc1. The molecule has 1 aromatic heterocycles. The molecule has 23 heavy (non-hydrogen) atoms. The zero-order chi connectivity index (χ0) is 16.2. The lowest BCUT2D eigenvalue weighted by atomic mass is 10.2. The number of aromatic nitrogens is 1. The van der Waals surface area contributed by atoms with Crippen LogP contribution in [0.25, 0.3) is 10.9 Å². The number of hydrogen-bond acceptors (Lipinski definition) is 4. The fourth-order valence-electron chi connectivity index (χ4n) is 2.48. The highest BCUT2D eigenvalue weighted by Crippen LogP contribution is 2.29. The topological polar surface area (TPSA) is 57.5 Å². The molecule has 0 saturated heterocycles. The van der Waals surface area contributed by atoms with Gasteiger partial charge in [-0.2, -0.15) is 0 Å². The predicted molar refractivity (Wildman–Crippen MR) is 85.9 cm³/mol. The summed E-state index contributed by atoms with van der Waals surface area (Å²) in [6.45, 7) is 0.166. The number of rotatable bonds is 4. The Hall–Kier alpha value is -3.08. The molecule has 0 fully saturated rings. The molecule has 1 heterocycles. The van der Waals surface area contributed by atoms with Gasteiger partial charge in [0.15, 0.2) is 6.29 Å². The number of aldehydes is 1. The normalized spacial score (nSPS) is 10.5. The third-order valence-electron chi connectivity index (χ3n) is 3.57. The molecule has 0 amide bonds. The summed E-state index contributed by atoms with van der Waals surface area (Å²) >= 11 is 0. The van der Waals surface area contributed by atoms with Crippen LogP contribution in [0.2, 0.25) is 0 Å². The van der Waals surface area contributed by atoms with Gasteiger partial charge in [0.2, 0.25) is 0 Å². The van der Waals surface area contributed by atoms with Crippen molar-refractivity contribution in [3.63, 3.8) is 0 Å². The van der Waals surface area contributed by atoms with Crippen molar-refractivity contribution in [3.05, 3.63) is 65.9 Å². The van der Waals surface area contributed by atoms with Crippen molar-refractivity contribution >= 4 is 23.3 Å². The highest BCUT2D eigenvalue weighted by Gasteiger charge is 2.17. The molecule has 0 unspecified atom stereocenters. The van der Waals surface area contributed by atoms with Crippen LogP contribution in [0, 0.1) is 0 Å². The van der Waals surface area contributed by atoms with Crippen LogP contribution in [-0.4, -0.2) is 24.1 Å². The monoisotopic (exact) mass is 309 g/mol. The van der Waals surface area contributed by atoms with Gasteiger partial charge in [0.05, 0.1) is 18.0 Å². The Labute approximate surface area is 133 Å². The van der Waals surface area contributed by atoms with E-state index in [1.165, 1.54) is 17.9 Å². The maximum Gasteiger partial charge on any atom is 0.418 e. The van der Waals surface area contributed by atoms with Gasteiger partial charge < -0.3 is 9.47 Å². The lowest BCUT2D eigenvalue weighted by Gasteiger charge is -2.07. The van der Waals surface area contributed by atoms with Gasteiger partial charge in [-0.3, -0.25) is 9.36 Å². The van der Waals surface area contributed by atoms with Crippen LogP contribution in [0.1, 0.15) is 15.9 Å². The molecule has 5 nitrogen and oxygen atoms in total. The van der Waals surface area contributed by atoms with Gasteiger partial charge in [0.1, 0.15) is 12.4 Å². The summed E-state index contributed by atoms with van der Waals surface area (Å²) in [5.41, 5.74) is 1.85. The quantitative estimate of drug-likeness (QED) is 0.690. The van der Waals surface area contributed by atoms with Gasteiger partial charge in [0, 0.05) is 11.8 Å². The Balaban J connectivity index is 1.93. The molecule has 0 atom stereocenters. The van der Waals surface area contributed by atoms with E-state index in [0.717, 1.165) is 5.56 Å². The summed E-state index contributed by atoms with van der Waals surface area (Å²) in [7, 11) is 1.52. The van der Waals surface area contributed by atoms with Crippen LogP contribution in [0.5, 0.6) is 5.75 Å². The molecule has 0 aliphatic rings. The van der Waals surface area contributed by atoms with Crippen molar-refractivity contribution in [3.8, 4) is 5.75 Å². The molecule has 0 N–H and O–H groups in total. The highest BCUT2D eigenvalue weighted by molar-refractivity contribution is 6.04. The molecule has 5 heteroatoms. The van der Waals surface area contributed by atoms with Crippen molar-refractivity contribution < 1.29 is 19.1 Å². The van der Waals surface area contributed by atoms with E-state index in [2.05, 4.69) is 0 Å². The second-order valence-electron chi connectivity index (χ2n) is 4.97. The molecule has 0 radical (unpaired) electrons. The van der Waals surface area contributed by atoms with E-state index in [-0.39, 0.29) is 6.61 Å². The van der Waals surface area contributed by atoms with E-state index < -0.39 is 6.09 Å². The van der Waals surface area contributed by atoms with Crippen molar-refractivity contribution in [1.82, 2.24) is 4.57 Å². The Morgan fingerprint density at radius 2 is 1.91 bits per heavy atom. The fourth-order valence-corrected chi connectivity index (χ4v) is 2.48. The average Bonchev–Trinajstić information content (AvgIpc) is 2.99. The molecule has 3 rings (SSSR count). The fraction of sp³-hybridized carbons (Fsp3) is 0.111. The summed E-state index contributed by atoms with van der Waals surface area (Å²) in [5.74, 6) is 0.541. The Bertz CT molecular complexity index is 852. The zero-order valence-electron chi connectivity index (χ0n) is 12.6. The van der Waals surface area contributed by atoms with Gasteiger partial charge in [-0.1, -0.05) is 36.4 Å². The number of fused-ring (bicyclic) bond motifs is 1. The third-order valence-corrected chi connectivity index (χ3v) is 3.57. The highest BCUT2D eigenvalue weighted by atomic mass is 16.5. The molecule has 0 aliphatic carbocycles. The van der Waals surface area contributed by atoms with Crippen LogP contribution in [0.3, 0.4) is 0 Å². The Kier molecular flexibility index (Phi) is 4.10. The summed E-state index contributed by atoms with van der Waals surface area (Å²) in [6.07, 6.45) is 1.62. The van der Waals surface area contributed by atoms with Crippen molar-refractivity contribution in [2.75, 3.05) is 7.11 Å². The molecule has 0 aliphatic heterocycles. The third kappa shape index (κ3) is 2.81. The van der Waals surface area contributed by atoms with E-state index in [1.807, 2.05) is 30.3 Å². The first-order valence-corrected chi connectivity index (χ1v) is 7.09. The number of nitrogens with zero attached hydrogens (tertiary/aromatic N) is 1. The van der Waals surface area contributed by atoms with Crippen LogP contribution < -0.4 is 4.74 Å². The standard InChI is InChI=1S/C18H15NO4/c1-22-16-9-5-8-15-17(16)14(11-20)10-19(15)18(21)23-12-13-6-3-2-4-7-13/h2-11H,12H2,1H3. The number of carbonyl (C=O) groups excluding carboxylic acids is 2. The first kappa shape index (κ1) is 14.8. The maximum absolute atomic E-state index is 12.3. The largest absolute Gasteiger partial charge is 0.496 e. The zero-order valence-corrected chi connectivity index (χ0v) is 12.6. The summed E-state index contributed by atoms with van der Waals surface area (Å²) in [5, 5.41) is 0.599. The number of carbonyl (C=O) groups is 2. The second kappa shape index (κ2) is 6.36. The first-order chi connectivity index (χ1) is 11.2. The molecule has 0 bridgehead atoms. The average molecular weight is 309 g/mol. The lowest BCUT2D eigenvalue weighted by molar-refractivity contribution is 0.112. The van der Waals surface area contributed by atoms with Gasteiger partial charge >= 0.3 is 6.09 Å². The van der Waals surface area contributed by atoms with Gasteiger partial charge in [-0.25, -0.2) is 4.79 Å². The molecule has 2 aromatic carbocycles. The maximum atomic E-state index is 12.3. The summed E-state index contributed by atoms with van der Waals surface area (Å²) < 4.78 is 11.9. The van der Waals surface area contributed by atoms with Gasteiger partial charge in [0.25, 0.3) is 0 Å². The Morgan fingerprint density at radius 1 is 1.13 bits per heavy atom. The van der Waals surface area contributed by atoms with Crippen molar-refractivity contribution in [2.45, 2.75) is 6.61 Å². The van der Waals surface area contributed by atoms with Crippen molar-refractivity contribution in [2.24, 2.45) is 0 Å². The molecule has 3 aromatic rings. The van der Waals surface area contributed by atoms with Crippen LogP contribution in [0.4, 0.5) is 4.79 Å². The first-order valence-electron chi connectivity index (χ1n) is 7.09. The molecule has 0 saturated carbocycles.